The minimum absolute atomic E-state index is 0.105. The molecule has 6 heteroatoms. The van der Waals surface area contributed by atoms with Crippen molar-refractivity contribution in [3.63, 3.8) is 0 Å². The first-order valence-electron chi connectivity index (χ1n) is 3.59. The SMILES string of the molecule is Cc1c(Cl)cc(C=O)cc1S(=O)(=O)O. The van der Waals surface area contributed by atoms with Crippen LogP contribution in [0.4, 0.5) is 0 Å². The molecule has 0 amide bonds. The summed E-state index contributed by atoms with van der Waals surface area (Å²) >= 11 is 5.67. The van der Waals surface area contributed by atoms with Gasteiger partial charge in [-0.15, -0.1) is 0 Å². The highest BCUT2D eigenvalue weighted by atomic mass is 35.5. The van der Waals surface area contributed by atoms with Gasteiger partial charge in [-0.25, -0.2) is 0 Å². The van der Waals surface area contributed by atoms with Crippen LogP contribution in [0.25, 0.3) is 0 Å². The van der Waals surface area contributed by atoms with Crippen LogP contribution in [0.5, 0.6) is 0 Å². The van der Waals surface area contributed by atoms with E-state index >= 15 is 0 Å². The van der Waals surface area contributed by atoms with Crippen molar-refractivity contribution in [1.29, 1.82) is 0 Å². The van der Waals surface area contributed by atoms with Gasteiger partial charge in [0.15, 0.2) is 0 Å². The molecular weight excluding hydrogens is 228 g/mol. The Kier molecular flexibility index (Phi) is 2.94. The number of carbonyl (C=O) groups excluding carboxylic acids is 1. The van der Waals surface area contributed by atoms with Gasteiger partial charge < -0.3 is 0 Å². The zero-order valence-corrected chi connectivity index (χ0v) is 8.76. The lowest BCUT2D eigenvalue weighted by Crippen LogP contribution is -2.02. The molecule has 0 aromatic heterocycles. The van der Waals surface area contributed by atoms with Gasteiger partial charge in [-0.2, -0.15) is 8.42 Å². The molecule has 1 N–H and O–H groups in total. The summed E-state index contributed by atoms with van der Waals surface area (Å²) in [5, 5.41) is 0.127. The Balaban J connectivity index is 3.58. The number of hydrogen-bond acceptors (Lipinski definition) is 3. The van der Waals surface area contributed by atoms with Crippen LogP contribution in [0.2, 0.25) is 5.02 Å². The van der Waals surface area contributed by atoms with E-state index in [4.69, 9.17) is 16.2 Å². The Morgan fingerprint density at radius 2 is 2.00 bits per heavy atom. The predicted octanol–water partition coefficient (Wildman–Crippen LogP) is 1.71. The van der Waals surface area contributed by atoms with Crippen molar-refractivity contribution in [2.75, 3.05) is 0 Å². The molecule has 0 saturated heterocycles. The van der Waals surface area contributed by atoms with Crippen molar-refractivity contribution >= 4 is 28.0 Å². The molecule has 0 fully saturated rings. The van der Waals surface area contributed by atoms with Crippen LogP contribution in [0.1, 0.15) is 15.9 Å². The third-order valence-corrected chi connectivity index (χ3v) is 3.11. The second kappa shape index (κ2) is 3.68. The Labute approximate surface area is 86.3 Å². The molecule has 0 aliphatic carbocycles. The first-order valence-corrected chi connectivity index (χ1v) is 5.41. The van der Waals surface area contributed by atoms with E-state index in [0.717, 1.165) is 6.07 Å². The molecule has 0 heterocycles. The fourth-order valence-electron chi connectivity index (χ4n) is 1.01. The highest BCUT2D eigenvalue weighted by Gasteiger charge is 2.16. The van der Waals surface area contributed by atoms with Gasteiger partial charge in [0.05, 0.1) is 4.90 Å². The molecule has 1 rings (SSSR count). The van der Waals surface area contributed by atoms with Crippen molar-refractivity contribution in [1.82, 2.24) is 0 Å². The fraction of sp³-hybridized carbons (Fsp3) is 0.125. The zero-order valence-electron chi connectivity index (χ0n) is 7.19. The maximum atomic E-state index is 10.9. The lowest BCUT2D eigenvalue weighted by Gasteiger charge is -2.05. The maximum absolute atomic E-state index is 10.9. The summed E-state index contributed by atoms with van der Waals surface area (Å²) in [7, 11) is -4.33. The van der Waals surface area contributed by atoms with Gasteiger partial charge in [0.2, 0.25) is 0 Å². The van der Waals surface area contributed by atoms with Crippen molar-refractivity contribution in [2.45, 2.75) is 11.8 Å². The van der Waals surface area contributed by atoms with Crippen LogP contribution < -0.4 is 0 Å². The lowest BCUT2D eigenvalue weighted by atomic mass is 10.2. The Morgan fingerprint density at radius 3 is 2.43 bits per heavy atom. The molecule has 0 aliphatic rings. The molecular formula is C8H7ClO4S. The number of hydrogen-bond donors (Lipinski definition) is 1. The number of aldehydes is 1. The van der Waals surface area contributed by atoms with E-state index < -0.39 is 10.1 Å². The normalized spacial score (nSPS) is 11.4. The second-order valence-corrected chi connectivity index (χ2v) is 4.52. The van der Waals surface area contributed by atoms with Crippen molar-refractivity contribution in [3.8, 4) is 0 Å². The Hall–Kier alpha value is -0.910. The average Bonchev–Trinajstić information content (AvgIpc) is 2.07. The van der Waals surface area contributed by atoms with Crippen LogP contribution in [-0.2, 0) is 10.1 Å². The summed E-state index contributed by atoms with van der Waals surface area (Å²) in [5.74, 6) is 0. The van der Waals surface area contributed by atoms with Crippen LogP contribution in [0, 0.1) is 6.92 Å². The number of benzene rings is 1. The standard InChI is InChI=1S/C8H7ClO4S/c1-5-7(9)2-6(4-10)3-8(5)14(11,12)13/h2-4H,1H3,(H,11,12,13). The molecule has 1 aromatic rings. The molecule has 0 unspecified atom stereocenters. The molecule has 76 valence electrons. The van der Waals surface area contributed by atoms with E-state index in [2.05, 4.69) is 0 Å². The summed E-state index contributed by atoms with van der Waals surface area (Å²) in [5.41, 5.74) is 0.327. The molecule has 1 aromatic carbocycles. The van der Waals surface area contributed by atoms with E-state index in [1.807, 2.05) is 0 Å². The average molecular weight is 235 g/mol. The van der Waals surface area contributed by atoms with Crippen molar-refractivity contribution in [3.05, 3.63) is 28.3 Å². The highest BCUT2D eigenvalue weighted by molar-refractivity contribution is 7.85. The molecule has 4 nitrogen and oxygen atoms in total. The van der Waals surface area contributed by atoms with E-state index in [-0.39, 0.29) is 21.0 Å². The Bertz CT molecular complexity index is 478. The monoisotopic (exact) mass is 234 g/mol. The van der Waals surface area contributed by atoms with Gasteiger partial charge in [0.1, 0.15) is 6.29 Å². The van der Waals surface area contributed by atoms with Gasteiger partial charge in [0.25, 0.3) is 10.1 Å². The predicted molar refractivity (Wildman–Crippen MR) is 51.4 cm³/mol. The summed E-state index contributed by atoms with van der Waals surface area (Å²) < 4.78 is 30.5. The van der Waals surface area contributed by atoms with Gasteiger partial charge in [-0.05, 0) is 24.6 Å². The van der Waals surface area contributed by atoms with Crippen LogP contribution in [0.3, 0.4) is 0 Å². The summed E-state index contributed by atoms with van der Waals surface area (Å²) in [4.78, 5) is 10.1. The highest BCUT2D eigenvalue weighted by Crippen LogP contribution is 2.24. The molecule has 0 atom stereocenters. The third-order valence-electron chi connectivity index (χ3n) is 1.73. The van der Waals surface area contributed by atoms with Crippen molar-refractivity contribution in [2.24, 2.45) is 0 Å². The van der Waals surface area contributed by atoms with Crippen LogP contribution in [-0.4, -0.2) is 19.3 Å². The van der Waals surface area contributed by atoms with E-state index in [9.17, 15) is 13.2 Å². The maximum Gasteiger partial charge on any atom is 0.294 e. The molecule has 0 bridgehead atoms. The largest absolute Gasteiger partial charge is 0.298 e. The van der Waals surface area contributed by atoms with Gasteiger partial charge in [-0.1, -0.05) is 11.6 Å². The van der Waals surface area contributed by atoms with E-state index in [1.54, 1.807) is 0 Å². The quantitative estimate of drug-likeness (QED) is 0.625. The minimum atomic E-state index is -4.33. The molecule has 14 heavy (non-hydrogen) atoms. The number of halogens is 1. The summed E-state index contributed by atoms with van der Waals surface area (Å²) in [6, 6.07) is 2.40. The zero-order chi connectivity index (χ0) is 10.9. The van der Waals surface area contributed by atoms with Crippen LogP contribution in [0.15, 0.2) is 17.0 Å². The molecule has 0 radical (unpaired) electrons. The van der Waals surface area contributed by atoms with Gasteiger partial charge in [-0.3, -0.25) is 9.35 Å². The van der Waals surface area contributed by atoms with E-state index in [0.29, 0.717) is 6.29 Å². The molecule has 0 spiro atoms. The topological polar surface area (TPSA) is 71.4 Å². The summed E-state index contributed by atoms with van der Waals surface area (Å²) in [6.07, 6.45) is 0.458. The Morgan fingerprint density at radius 1 is 1.43 bits per heavy atom. The van der Waals surface area contributed by atoms with Gasteiger partial charge in [0, 0.05) is 10.6 Å². The lowest BCUT2D eigenvalue weighted by molar-refractivity contribution is 0.112. The number of carbonyl (C=O) groups is 1. The van der Waals surface area contributed by atoms with Gasteiger partial charge >= 0.3 is 0 Å². The minimum Gasteiger partial charge on any atom is -0.298 e. The smallest absolute Gasteiger partial charge is 0.294 e. The second-order valence-electron chi connectivity index (χ2n) is 2.72. The first kappa shape index (κ1) is 11.2. The molecule has 0 aliphatic heterocycles. The number of rotatable bonds is 2. The third kappa shape index (κ3) is 2.12. The van der Waals surface area contributed by atoms with Crippen LogP contribution >= 0.6 is 11.6 Å². The fourth-order valence-corrected chi connectivity index (χ4v) is 2.08. The summed E-state index contributed by atoms with van der Waals surface area (Å²) in [6.45, 7) is 1.44. The molecule has 0 saturated carbocycles. The van der Waals surface area contributed by atoms with E-state index in [1.165, 1.54) is 13.0 Å². The first-order chi connectivity index (χ1) is 6.36. The van der Waals surface area contributed by atoms with Crippen molar-refractivity contribution < 1.29 is 17.8 Å².